The van der Waals surface area contributed by atoms with Gasteiger partial charge in [-0.3, -0.25) is 4.79 Å². The van der Waals surface area contributed by atoms with Crippen molar-refractivity contribution in [2.75, 3.05) is 13.2 Å². The maximum Gasteiger partial charge on any atom is 0.223 e. The van der Waals surface area contributed by atoms with Gasteiger partial charge in [-0.1, -0.05) is 54.1 Å². The molecule has 0 saturated carbocycles. The quantitative estimate of drug-likeness (QED) is 0.380. The Balaban J connectivity index is 1.33. The molecule has 1 N–H and O–H groups in total. The van der Waals surface area contributed by atoms with E-state index in [-0.39, 0.29) is 18.4 Å². The Labute approximate surface area is 209 Å². The van der Waals surface area contributed by atoms with Gasteiger partial charge in [0.05, 0.1) is 17.6 Å². The van der Waals surface area contributed by atoms with Crippen molar-refractivity contribution in [1.82, 2.24) is 14.5 Å². The fourth-order valence-electron chi connectivity index (χ4n) is 4.66. The number of aliphatic hydroxyl groups excluding tert-OH is 1. The van der Waals surface area contributed by atoms with Crippen LogP contribution < -0.4 is 4.74 Å². The minimum absolute atomic E-state index is 0.0364. The third kappa shape index (κ3) is 5.19. The molecule has 1 aromatic heterocycles. The van der Waals surface area contributed by atoms with Crippen molar-refractivity contribution in [3.8, 4) is 5.75 Å². The molecule has 1 aliphatic heterocycles. The van der Waals surface area contributed by atoms with Crippen LogP contribution in [0.25, 0.3) is 11.0 Å². The summed E-state index contributed by atoms with van der Waals surface area (Å²) in [5.74, 6) is 1.58. The summed E-state index contributed by atoms with van der Waals surface area (Å²) in [6, 6.07) is 23.4. The van der Waals surface area contributed by atoms with Gasteiger partial charge in [0.2, 0.25) is 5.91 Å². The van der Waals surface area contributed by atoms with E-state index in [1.54, 1.807) is 12.1 Å². The smallest absolute Gasteiger partial charge is 0.223 e. The van der Waals surface area contributed by atoms with E-state index in [4.69, 9.17) is 21.3 Å². The van der Waals surface area contributed by atoms with E-state index < -0.39 is 6.10 Å². The monoisotopic (exact) mass is 489 g/mol. The molecule has 2 heterocycles. The number of benzene rings is 3. The number of carbonyl (C=O) groups excluding carboxylic acids is 1. The summed E-state index contributed by atoms with van der Waals surface area (Å²) in [6.07, 6.45) is -0.341. The Morgan fingerprint density at radius 2 is 1.89 bits per heavy atom. The Bertz CT molecular complexity index is 1340. The minimum atomic E-state index is -0.750. The highest BCUT2D eigenvalue weighted by molar-refractivity contribution is 6.31. The number of aryl methyl sites for hydroxylation is 1. The number of halogens is 1. The maximum atomic E-state index is 12.8. The number of nitrogens with zero attached hydrogens (tertiary/aromatic N) is 3. The molecular weight excluding hydrogens is 462 g/mol. The summed E-state index contributed by atoms with van der Waals surface area (Å²) < 4.78 is 7.87. The zero-order chi connectivity index (χ0) is 24.4. The lowest BCUT2D eigenvalue weighted by atomic mass is 10.1. The van der Waals surface area contributed by atoms with Crippen LogP contribution in [-0.4, -0.2) is 44.7 Å². The Kier molecular flexibility index (Phi) is 6.75. The molecule has 0 radical (unpaired) electrons. The van der Waals surface area contributed by atoms with Crippen LogP contribution in [0.2, 0.25) is 5.02 Å². The van der Waals surface area contributed by atoms with Crippen molar-refractivity contribution in [3.05, 3.63) is 94.8 Å². The fourth-order valence-corrected chi connectivity index (χ4v) is 4.78. The van der Waals surface area contributed by atoms with Crippen LogP contribution in [0.4, 0.5) is 0 Å². The predicted molar refractivity (Wildman–Crippen MR) is 137 cm³/mol. The van der Waals surface area contributed by atoms with Crippen LogP contribution in [0.3, 0.4) is 0 Å². The highest BCUT2D eigenvalue weighted by atomic mass is 35.5. The number of fused-ring (bicyclic) bond motifs is 1. The van der Waals surface area contributed by atoms with Gasteiger partial charge in [-0.25, -0.2) is 4.98 Å². The molecule has 5 rings (SSSR count). The number of carbonyl (C=O) groups is 1. The van der Waals surface area contributed by atoms with Gasteiger partial charge in [0.1, 0.15) is 24.3 Å². The van der Waals surface area contributed by atoms with Crippen molar-refractivity contribution in [3.63, 3.8) is 0 Å². The van der Waals surface area contributed by atoms with Crippen LogP contribution in [-0.2, 0) is 17.9 Å². The van der Waals surface area contributed by atoms with Crippen molar-refractivity contribution in [2.24, 2.45) is 0 Å². The molecule has 180 valence electrons. The lowest BCUT2D eigenvalue weighted by Gasteiger charge is -2.19. The molecule has 3 aromatic carbocycles. The normalized spacial score (nSPS) is 16.7. The molecule has 6 nitrogen and oxygen atoms in total. The Hall–Kier alpha value is -3.35. The van der Waals surface area contributed by atoms with E-state index in [1.165, 1.54) is 0 Å². The van der Waals surface area contributed by atoms with Crippen LogP contribution in [0.15, 0.2) is 72.8 Å². The molecule has 1 saturated heterocycles. The lowest BCUT2D eigenvalue weighted by molar-refractivity contribution is -0.128. The molecule has 7 heteroatoms. The topological polar surface area (TPSA) is 67.6 Å². The lowest BCUT2D eigenvalue weighted by Crippen LogP contribution is -2.26. The summed E-state index contributed by atoms with van der Waals surface area (Å²) in [6.45, 7) is 3.57. The first-order valence-corrected chi connectivity index (χ1v) is 12.2. The second kappa shape index (κ2) is 10.1. The summed E-state index contributed by atoms with van der Waals surface area (Å²) in [7, 11) is 0. The number of likely N-dealkylation sites (tertiary alicyclic amines) is 1. The van der Waals surface area contributed by atoms with Gasteiger partial charge >= 0.3 is 0 Å². The van der Waals surface area contributed by atoms with Crippen molar-refractivity contribution >= 4 is 28.5 Å². The highest BCUT2D eigenvalue weighted by Gasteiger charge is 2.34. The molecule has 4 aromatic rings. The molecule has 0 aliphatic carbocycles. The van der Waals surface area contributed by atoms with Crippen LogP contribution in [0.1, 0.15) is 29.3 Å². The number of hydrogen-bond donors (Lipinski definition) is 1. The highest BCUT2D eigenvalue weighted by Crippen LogP contribution is 2.31. The Morgan fingerprint density at radius 1 is 1.11 bits per heavy atom. The number of hydrogen-bond acceptors (Lipinski definition) is 4. The third-order valence-electron chi connectivity index (χ3n) is 6.45. The Morgan fingerprint density at radius 3 is 2.69 bits per heavy atom. The van der Waals surface area contributed by atoms with E-state index in [0.717, 1.165) is 28.0 Å². The van der Waals surface area contributed by atoms with Gasteiger partial charge in [0.15, 0.2) is 0 Å². The average Bonchev–Trinajstić information content (AvgIpc) is 3.40. The van der Waals surface area contributed by atoms with Gasteiger partial charge in [-0.2, -0.15) is 0 Å². The van der Waals surface area contributed by atoms with E-state index in [9.17, 15) is 9.90 Å². The largest absolute Gasteiger partial charge is 0.491 e. The van der Waals surface area contributed by atoms with Crippen LogP contribution in [0, 0.1) is 6.92 Å². The van der Waals surface area contributed by atoms with Gasteiger partial charge in [-0.05, 0) is 48.4 Å². The number of imidazole rings is 1. The average molecular weight is 490 g/mol. The van der Waals surface area contributed by atoms with E-state index >= 15 is 0 Å². The molecule has 35 heavy (non-hydrogen) atoms. The van der Waals surface area contributed by atoms with Crippen LogP contribution in [0.5, 0.6) is 5.75 Å². The fraction of sp³-hybridized carbons (Fsp3) is 0.286. The first-order chi connectivity index (χ1) is 17.0. The standard InChI is InChI=1S/C28H28ClN3O3/c1-19-13-23(11-12-24(19)29)35-18-22(33)17-32-26-10-6-5-9-25(26)30-28(32)21-14-27(34)31(16-21)15-20-7-3-2-4-8-20/h2-13,21-22,33H,14-18H2,1H3. The summed E-state index contributed by atoms with van der Waals surface area (Å²) in [4.78, 5) is 19.6. The second-order valence-electron chi connectivity index (χ2n) is 9.11. The first kappa shape index (κ1) is 23.4. The molecule has 0 bridgehead atoms. The number of ether oxygens (including phenoxy) is 1. The van der Waals surface area contributed by atoms with Crippen molar-refractivity contribution in [1.29, 1.82) is 0 Å². The molecule has 1 aliphatic rings. The van der Waals surface area contributed by atoms with E-state index in [1.807, 2.05) is 77.1 Å². The number of aliphatic hydroxyl groups is 1. The third-order valence-corrected chi connectivity index (χ3v) is 6.87. The van der Waals surface area contributed by atoms with Gasteiger partial charge in [0, 0.05) is 30.5 Å². The molecule has 2 unspecified atom stereocenters. The summed E-state index contributed by atoms with van der Waals surface area (Å²) in [5.41, 5.74) is 3.84. The number of amides is 1. The van der Waals surface area contributed by atoms with Gasteiger partial charge < -0.3 is 19.3 Å². The predicted octanol–water partition coefficient (Wildman–Crippen LogP) is 4.95. The van der Waals surface area contributed by atoms with Gasteiger partial charge in [0.25, 0.3) is 0 Å². The molecular formula is C28H28ClN3O3. The van der Waals surface area contributed by atoms with Crippen molar-refractivity contribution < 1.29 is 14.6 Å². The number of aromatic nitrogens is 2. The number of rotatable bonds is 8. The van der Waals surface area contributed by atoms with E-state index in [2.05, 4.69) is 0 Å². The first-order valence-electron chi connectivity index (χ1n) is 11.8. The SMILES string of the molecule is Cc1cc(OCC(O)Cn2c(C3CC(=O)N(Cc4ccccc4)C3)nc3ccccc32)ccc1Cl. The zero-order valence-electron chi connectivity index (χ0n) is 19.6. The molecule has 1 fully saturated rings. The molecule has 1 amide bonds. The van der Waals surface area contributed by atoms with Crippen molar-refractivity contribution in [2.45, 2.75) is 38.5 Å². The molecule has 2 atom stereocenters. The van der Waals surface area contributed by atoms with Crippen LogP contribution >= 0.6 is 11.6 Å². The second-order valence-corrected chi connectivity index (χ2v) is 9.51. The molecule has 0 spiro atoms. The summed E-state index contributed by atoms with van der Waals surface area (Å²) in [5, 5.41) is 11.5. The van der Waals surface area contributed by atoms with Gasteiger partial charge in [-0.15, -0.1) is 0 Å². The summed E-state index contributed by atoms with van der Waals surface area (Å²) >= 11 is 6.10. The maximum absolute atomic E-state index is 12.8. The number of para-hydroxylation sites is 2. The van der Waals surface area contributed by atoms with E-state index in [0.29, 0.717) is 36.8 Å². The zero-order valence-corrected chi connectivity index (χ0v) is 20.4. The minimum Gasteiger partial charge on any atom is -0.491 e.